The number of benzene rings is 1. The Morgan fingerprint density at radius 2 is 1.86 bits per heavy atom. The molecule has 8 heteroatoms. The van der Waals surface area contributed by atoms with Gasteiger partial charge in [0.15, 0.2) is 0 Å². The van der Waals surface area contributed by atoms with Crippen LogP contribution in [0.4, 0.5) is 0 Å². The van der Waals surface area contributed by atoms with Gasteiger partial charge in [-0.2, -0.15) is 5.10 Å². The highest BCUT2D eigenvalue weighted by Gasteiger charge is 2.31. The van der Waals surface area contributed by atoms with Gasteiger partial charge in [0.1, 0.15) is 5.69 Å². The highest BCUT2D eigenvalue weighted by molar-refractivity contribution is 7.88. The fourth-order valence-electron chi connectivity index (χ4n) is 2.97. The zero-order valence-electron chi connectivity index (χ0n) is 16.6. The van der Waals surface area contributed by atoms with Crippen molar-refractivity contribution < 1.29 is 13.2 Å². The van der Waals surface area contributed by atoms with E-state index >= 15 is 0 Å². The Hall–Kier alpha value is -2.19. The average molecular weight is 405 g/mol. The zero-order valence-corrected chi connectivity index (χ0v) is 17.4. The lowest BCUT2D eigenvalue weighted by Crippen LogP contribution is -2.37. The summed E-state index contributed by atoms with van der Waals surface area (Å²) in [7, 11) is -3.45. The van der Waals surface area contributed by atoms with Gasteiger partial charge in [-0.3, -0.25) is 9.48 Å². The highest BCUT2D eigenvalue weighted by Crippen LogP contribution is 2.40. The maximum absolute atomic E-state index is 12.6. The van der Waals surface area contributed by atoms with Crippen LogP contribution in [-0.2, 0) is 21.3 Å². The Kier molecular flexibility index (Phi) is 5.90. The maximum atomic E-state index is 12.6. The van der Waals surface area contributed by atoms with E-state index in [0.717, 1.165) is 24.1 Å². The van der Waals surface area contributed by atoms with Crippen LogP contribution in [0.2, 0.25) is 0 Å². The Labute approximate surface area is 166 Å². The van der Waals surface area contributed by atoms with E-state index in [1.54, 1.807) is 28.9 Å². The second-order valence-electron chi connectivity index (χ2n) is 8.21. The van der Waals surface area contributed by atoms with Gasteiger partial charge >= 0.3 is 0 Å². The number of hydrogen-bond acceptors (Lipinski definition) is 4. The van der Waals surface area contributed by atoms with Gasteiger partial charge in [0.25, 0.3) is 5.91 Å². The van der Waals surface area contributed by atoms with Gasteiger partial charge in [0.2, 0.25) is 10.0 Å². The number of rotatable bonds is 8. The van der Waals surface area contributed by atoms with Crippen LogP contribution in [0.1, 0.15) is 61.3 Å². The van der Waals surface area contributed by atoms with E-state index in [-0.39, 0.29) is 30.3 Å². The molecule has 0 saturated heterocycles. The topological polar surface area (TPSA) is 93.1 Å². The van der Waals surface area contributed by atoms with Crippen molar-refractivity contribution in [1.29, 1.82) is 0 Å². The Morgan fingerprint density at radius 3 is 2.46 bits per heavy atom. The second kappa shape index (κ2) is 8.05. The smallest absolute Gasteiger partial charge is 0.269 e. The standard InChI is InChI=1S/C20H28N4O3S/c1-20(2,3)24-18(13-17(23-24)16-9-10-16)19(25)21-11-12-22-28(26,27)14-15-7-5-4-6-8-15/h4-8,13,16,22H,9-12,14H2,1-3H3,(H,21,25). The van der Waals surface area contributed by atoms with Gasteiger partial charge in [-0.15, -0.1) is 0 Å². The molecule has 2 N–H and O–H groups in total. The van der Waals surface area contributed by atoms with Gasteiger partial charge in [-0.05, 0) is 45.2 Å². The van der Waals surface area contributed by atoms with Crippen molar-refractivity contribution in [2.45, 2.75) is 50.8 Å². The lowest BCUT2D eigenvalue weighted by atomic mass is 10.1. The molecule has 7 nitrogen and oxygen atoms in total. The number of sulfonamides is 1. The van der Waals surface area contributed by atoms with Crippen LogP contribution < -0.4 is 10.0 Å². The van der Waals surface area contributed by atoms with Crippen molar-refractivity contribution in [2.24, 2.45) is 0 Å². The molecule has 1 saturated carbocycles. The van der Waals surface area contributed by atoms with Crippen molar-refractivity contribution in [3.8, 4) is 0 Å². The molecule has 3 rings (SSSR count). The van der Waals surface area contributed by atoms with E-state index in [1.165, 1.54) is 0 Å². The first-order valence-electron chi connectivity index (χ1n) is 9.55. The molecule has 1 aliphatic rings. The second-order valence-corrected chi connectivity index (χ2v) is 10.0. The summed E-state index contributed by atoms with van der Waals surface area (Å²) in [5.74, 6) is 0.139. The molecule has 0 radical (unpaired) electrons. The molecule has 1 aromatic carbocycles. The zero-order chi connectivity index (χ0) is 20.4. The van der Waals surface area contributed by atoms with E-state index < -0.39 is 10.0 Å². The van der Waals surface area contributed by atoms with Gasteiger partial charge < -0.3 is 5.32 Å². The molecular formula is C20H28N4O3S. The van der Waals surface area contributed by atoms with Crippen LogP contribution >= 0.6 is 0 Å². The minimum absolute atomic E-state index is 0.0800. The molecule has 152 valence electrons. The normalized spacial score (nSPS) is 14.8. The lowest BCUT2D eigenvalue weighted by molar-refractivity contribution is 0.0936. The number of nitrogens with zero attached hydrogens (tertiary/aromatic N) is 2. The Balaban J connectivity index is 1.54. The summed E-state index contributed by atoms with van der Waals surface area (Å²) in [4.78, 5) is 12.6. The number of aromatic nitrogens is 2. The van der Waals surface area contributed by atoms with Gasteiger partial charge in [-0.25, -0.2) is 13.1 Å². The van der Waals surface area contributed by atoms with Crippen LogP contribution in [0.5, 0.6) is 0 Å². The van der Waals surface area contributed by atoms with E-state index in [0.29, 0.717) is 11.6 Å². The SMILES string of the molecule is CC(C)(C)n1nc(C2CC2)cc1C(=O)NCCNS(=O)(=O)Cc1ccccc1. The monoisotopic (exact) mass is 404 g/mol. The number of carbonyl (C=O) groups excluding carboxylic acids is 1. The maximum Gasteiger partial charge on any atom is 0.269 e. The van der Waals surface area contributed by atoms with Crippen LogP contribution in [0, 0.1) is 0 Å². The largest absolute Gasteiger partial charge is 0.349 e. The quantitative estimate of drug-likeness (QED) is 0.661. The average Bonchev–Trinajstić information content (AvgIpc) is 3.36. The van der Waals surface area contributed by atoms with E-state index in [9.17, 15) is 13.2 Å². The van der Waals surface area contributed by atoms with E-state index in [1.807, 2.05) is 32.9 Å². The van der Waals surface area contributed by atoms with E-state index in [2.05, 4.69) is 15.1 Å². The summed E-state index contributed by atoms with van der Waals surface area (Å²) in [5, 5.41) is 7.42. The molecule has 1 heterocycles. The van der Waals surface area contributed by atoms with E-state index in [4.69, 9.17) is 0 Å². The van der Waals surface area contributed by atoms with Gasteiger partial charge in [0.05, 0.1) is 17.0 Å². The molecule has 1 amide bonds. The van der Waals surface area contributed by atoms with Crippen molar-refractivity contribution >= 4 is 15.9 Å². The molecule has 28 heavy (non-hydrogen) atoms. The molecule has 2 aromatic rings. The van der Waals surface area contributed by atoms with Crippen LogP contribution in [0.3, 0.4) is 0 Å². The molecule has 0 atom stereocenters. The first-order valence-corrected chi connectivity index (χ1v) is 11.2. The molecule has 0 bridgehead atoms. The lowest BCUT2D eigenvalue weighted by Gasteiger charge is -2.22. The Bertz CT molecular complexity index is 926. The molecule has 1 fully saturated rings. The fourth-order valence-corrected chi connectivity index (χ4v) is 4.12. The summed E-state index contributed by atoms with van der Waals surface area (Å²) in [6.07, 6.45) is 2.23. The minimum atomic E-state index is -3.45. The minimum Gasteiger partial charge on any atom is -0.349 e. The fraction of sp³-hybridized carbons (Fsp3) is 0.500. The molecule has 1 aromatic heterocycles. The molecule has 0 unspecified atom stereocenters. The van der Waals surface area contributed by atoms with Crippen molar-refractivity contribution in [3.05, 3.63) is 53.3 Å². The number of hydrogen-bond donors (Lipinski definition) is 2. The summed E-state index contributed by atoms with van der Waals surface area (Å²) in [5.41, 5.74) is 1.89. The number of carbonyl (C=O) groups is 1. The predicted molar refractivity (Wildman–Crippen MR) is 109 cm³/mol. The summed E-state index contributed by atoms with van der Waals surface area (Å²) >= 11 is 0. The Morgan fingerprint density at radius 1 is 1.18 bits per heavy atom. The molecule has 0 spiro atoms. The van der Waals surface area contributed by atoms with Crippen molar-refractivity contribution in [2.75, 3.05) is 13.1 Å². The third kappa shape index (κ3) is 5.42. The predicted octanol–water partition coefficient (Wildman–Crippen LogP) is 2.36. The van der Waals surface area contributed by atoms with Crippen molar-refractivity contribution in [1.82, 2.24) is 19.8 Å². The molecule has 1 aliphatic carbocycles. The molecule has 0 aliphatic heterocycles. The van der Waals surface area contributed by atoms with Gasteiger partial charge in [0, 0.05) is 19.0 Å². The van der Waals surface area contributed by atoms with Crippen molar-refractivity contribution in [3.63, 3.8) is 0 Å². The first kappa shape index (κ1) is 20.5. The number of nitrogens with one attached hydrogen (secondary N) is 2. The first-order chi connectivity index (χ1) is 13.2. The highest BCUT2D eigenvalue weighted by atomic mass is 32.2. The third-order valence-electron chi connectivity index (χ3n) is 4.52. The van der Waals surface area contributed by atoms with Gasteiger partial charge in [-0.1, -0.05) is 30.3 Å². The molecular weight excluding hydrogens is 376 g/mol. The summed E-state index contributed by atoms with van der Waals surface area (Å²) in [6, 6.07) is 10.9. The van der Waals surface area contributed by atoms with Crippen LogP contribution in [0.15, 0.2) is 36.4 Å². The summed E-state index contributed by atoms with van der Waals surface area (Å²) in [6.45, 7) is 6.36. The van der Waals surface area contributed by atoms with Crippen LogP contribution in [-0.4, -0.2) is 37.2 Å². The summed E-state index contributed by atoms with van der Waals surface area (Å²) < 4.78 is 28.6. The third-order valence-corrected chi connectivity index (χ3v) is 5.88. The van der Waals surface area contributed by atoms with Crippen LogP contribution in [0.25, 0.3) is 0 Å². The number of amides is 1.